The average molecular weight is 311 g/mol. The first-order valence-corrected chi connectivity index (χ1v) is 7.94. The second kappa shape index (κ2) is 7.29. The number of rotatable bonds is 5. The maximum atomic E-state index is 12.3. The normalized spacial score (nSPS) is 16.3. The minimum atomic E-state index is -0.0145. The molecule has 0 bridgehead atoms. The lowest BCUT2D eigenvalue weighted by Gasteiger charge is -2.25. The minimum Gasteiger partial charge on any atom is -0.493 e. The van der Waals surface area contributed by atoms with E-state index in [0.717, 1.165) is 28.9 Å². The molecule has 1 amide bonds. The number of para-hydroxylation sites is 1. The van der Waals surface area contributed by atoms with Gasteiger partial charge in [-0.25, -0.2) is 0 Å². The zero-order chi connectivity index (χ0) is 16.1. The zero-order valence-corrected chi connectivity index (χ0v) is 13.0. The fourth-order valence-corrected chi connectivity index (χ4v) is 3.00. The third-order valence-electron chi connectivity index (χ3n) is 4.28. The number of aliphatic hydroxyl groups is 1. The van der Waals surface area contributed by atoms with E-state index in [2.05, 4.69) is 5.32 Å². The van der Waals surface area contributed by atoms with Crippen molar-refractivity contribution in [1.82, 2.24) is 5.32 Å². The van der Waals surface area contributed by atoms with Crippen molar-refractivity contribution in [2.24, 2.45) is 0 Å². The highest BCUT2D eigenvalue weighted by molar-refractivity contribution is 5.77. The van der Waals surface area contributed by atoms with Crippen LogP contribution in [0.4, 0.5) is 0 Å². The van der Waals surface area contributed by atoms with Crippen LogP contribution < -0.4 is 10.1 Å². The molecule has 1 atom stereocenters. The number of hydrogen-bond acceptors (Lipinski definition) is 3. The Labute approximate surface area is 136 Å². The van der Waals surface area contributed by atoms with Gasteiger partial charge in [-0.05, 0) is 35.1 Å². The standard InChI is InChI=1S/C19H21NO3/c21-13-16-6-2-1-5-15(16)12-20-19(22)11-14-9-10-23-18-8-4-3-7-17(14)18/h1-8,14,21H,9-13H2,(H,20,22). The van der Waals surface area contributed by atoms with Gasteiger partial charge in [0, 0.05) is 13.0 Å². The number of benzene rings is 2. The van der Waals surface area contributed by atoms with Crippen molar-refractivity contribution < 1.29 is 14.6 Å². The molecular formula is C19H21NO3. The predicted molar refractivity (Wildman–Crippen MR) is 88.1 cm³/mol. The summed E-state index contributed by atoms with van der Waals surface area (Å²) in [5, 5.41) is 12.3. The molecule has 3 rings (SSSR count). The van der Waals surface area contributed by atoms with Crippen LogP contribution in [0.1, 0.15) is 35.4 Å². The molecule has 2 aromatic rings. The van der Waals surface area contributed by atoms with Crippen molar-refractivity contribution in [3.8, 4) is 5.75 Å². The molecule has 0 aromatic heterocycles. The fraction of sp³-hybridized carbons (Fsp3) is 0.316. The van der Waals surface area contributed by atoms with Gasteiger partial charge < -0.3 is 15.2 Å². The highest BCUT2D eigenvalue weighted by atomic mass is 16.5. The van der Waals surface area contributed by atoms with Gasteiger partial charge in [0.05, 0.1) is 13.2 Å². The molecule has 2 N–H and O–H groups in total. The van der Waals surface area contributed by atoms with E-state index in [4.69, 9.17) is 4.74 Å². The summed E-state index contributed by atoms with van der Waals surface area (Å²) in [5.74, 6) is 1.12. The van der Waals surface area contributed by atoms with E-state index in [0.29, 0.717) is 19.6 Å². The second-order valence-corrected chi connectivity index (χ2v) is 5.78. The molecule has 4 nitrogen and oxygen atoms in total. The fourth-order valence-electron chi connectivity index (χ4n) is 3.00. The zero-order valence-electron chi connectivity index (χ0n) is 13.0. The highest BCUT2D eigenvalue weighted by Crippen LogP contribution is 2.35. The second-order valence-electron chi connectivity index (χ2n) is 5.78. The van der Waals surface area contributed by atoms with Gasteiger partial charge in [-0.1, -0.05) is 42.5 Å². The number of carbonyl (C=O) groups is 1. The predicted octanol–water partition coefficient (Wildman–Crippen LogP) is 2.75. The molecular weight excluding hydrogens is 290 g/mol. The molecule has 4 heteroatoms. The molecule has 0 radical (unpaired) electrons. The maximum Gasteiger partial charge on any atom is 0.220 e. The van der Waals surface area contributed by atoms with Gasteiger partial charge >= 0.3 is 0 Å². The summed E-state index contributed by atoms with van der Waals surface area (Å²) in [7, 11) is 0. The molecule has 1 aliphatic heterocycles. The Kier molecular flexibility index (Phi) is 4.93. The Morgan fingerprint density at radius 1 is 1.13 bits per heavy atom. The third kappa shape index (κ3) is 3.71. The summed E-state index contributed by atoms with van der Waals surface area (Å²) in [6.45, 7) is 1.09. The summed E-state index contributed by atoms with van der Waals surface area (Å²) in [5.41, 5.74) is 2.92. The van der Waals surface area contributed by atoms with Crippen LogP contribution in [-0.4, -0.2) is 17.6 Å². The lowest BCUT2D eigenvalue weighted by Crippen LogP contribution is -2.27. The molecule has 1 unspecified atom stereocenters. The van der Waals surface area contributed by atoms with Gasteiger partial charge in [-0.15, -0.1) is 0 Å². The topological polar surface area (TPSA) is 58.6 Å². The quantitative estimate of drug-likeness (QED) is 0.892. The Hall–Kier alpha value is -2.33. The lowest BCUT2D eigenvalue weighted by atomic mass is 9.90. The van der Waals surface area contributed by atoms with Crippen LogP contribution in [-0.2, 0) is 17.9 Å². The number of ether oxygens (including phenoxy) is 1. The van der Waals surface area contributed by atoms with Crippen LogP contribution in [0, 0.1) is 0 Å². The Morgan fingerprint density at radius 2 is 1.87 bits per heavy atom. The highest BCUT2D eigenvalue weighted by Gasteiger charge is 2.23. The number of nitrogens with one attached hydrogen (secondary N) is 1. The molecule has 23 heavy (non-hydrogen) atoms. The smallest absolute Gasteiger partial charge is 0.220 e. The summed E-state index contributed by atoms with van der Waals surface area (Å²) >= 11 is 0. The average Bonchev–Trinajstić information content (AvgIpc) is 2.60. The first-order valence-electron chi connectivity index (χ1n) is 7.94. The molecule has 0 saturated carbocycles. The Bertz CT molecular complexity index is 684. The first-order chi connectivity index (χ1) is 11.3. The lowest BCUT2D eigenvalue weighted by molar-refractivity contribution is -0.121. The van der Waals surface area contributed by atoms with Crippen molar-refractivity contribution in [2.75, 3.05) is 6.61 Å². The number of aliphatic hydroxyl groups excluding tert-OH is 1. The summed E-state index contributed by atoms with van der Waals surface area (Å²) in [6.07, 6.45) is 1.32. The van der Waals surface area contributed by atoms with Crippen LogP contribution >= 0.6 is 0 Å². The van der Waals surface area contributed by atoms with Crippen molar-refractivity contribution >= 4 is 5.91 Å². The van der Waals surface area contributed by atoms with Crippen LogP contribution in [0.2, 0.25) is 0 Å². The molecule has 0 aliphatic carbocycles. The van der Waals surface area contributed by atoms with Gasteiger partial charge in [0.1, 0.15) is 5.75 Å². The van der Waals surface area contributed by atoms with E-state index in [9.17, 15) is 9.90 Å². The van der Waals surface area contributed by atoms with Crippen LogP contribution in [0.3, 0.4) is 0 Å². The molecule has 1 aliphatic rings. The molecule has 0 fully saturated rings. The third-order valence-corrected chi connectivity index (χ3v) is 4.28. The number of carbonyl (C=O) groups excluding carboxylic acids is 1. The molecule has 0 spiro atoms. The number of amides is 1. The first kappa shape index (κ1) is 15.6. The summed E-state index contributed by atoms with van der Waals surface area (Å²) in [4.78, 5) is 12.3. The van der Waals surface area contributed by atoms with Gasteiger partial charge in [-0.3, -0.25) is 4.79 Å². The molecule has 1 heterocycles. The molecule has 2 aromatic carbocycles. The van der Waals surface area contributed by atoms with E-state index in [1.165, 1.54) is 0 Å². The van der Waals surface area contributed by atoms with Gasteiger partial charge in [0.15, 0.2) is 0 Å². The Morgan fingerprint density at radius 3 is 2.70 bits per heavy atom. The maximum absolute atomic E-state index is 12.3. The van der Waals surface area contributed by atoms with E-state index in [1.807, 2.05) is 48.5 Å². The van der Waals surface area contributed by atoms with Crippen molar-refractivity contribution in [3.63, 3.8) is 0 Å². The van der Waals surface area contributed by atoms with E-state index >= 15 is 0 Å². The Balaban J connectivity index is 1.60. The van der Waals surface area contributed by atoms with E-state index < -0.39 is 0 Å². The number of fused-ring (bicyclic) bond motifs is 1. The molecule has 120 valence electrons. The van der Waals surface area contributed by atoms with Crippen LogP contribution in [0.15, 0.2) is 48.5 Å². The monoisotopic (exact) mass is 311 g/mol. The van der Waals surface area contributed by atoms with Crippen molar-refractivity contribution in [3.05, 3.63) is 65.2 Å². The molecule has 0 saturated heterocycles. The number of hydrogen-bond donors (Lipinski definition) is 2. The van der Waals surface area contributed by atoms with Crippen molar-refractivity contribution in [2.45, 2.75) is 31.9 Å². The van der Waals surface area contributed by atoms with E-state index in [1.54, 1.807) is 0 Å². The van der Waals surface area contributed by atoms with Crippen LogP contribution in [0.25, 0.3) is 0 Å². The largest absolute Gasteiger partial charge is 0.493 e. The van der Waals surface area contributed by atoms with Crippen LogP contribution in [0.5, 0.6) is 5.75 Å². The van der Waals surface area contributed by atoms with Gasteiger partial charge in [0.25, 0.3) is 0 Å². The van der Waals surface area contributed by atoms with E-state index in [-0.39, 0.29) is 18.4 Å². The van der Waals surface area contributed by atoms with Gasteiger partial charge in [-0.2, -0.15) is 0 Å². The SMILES string of the molecule is O=C(CC1CCOc2ccccc21)NCc1ccccc1CO. The minimum absolute atomic E-state index is 0.0145. The van der Waals surface area contributed by atoms with Crippen molar-refractivity contribution in [1.29, 1.82) is 0 Å². The van der Waals surface area contributed by atoms with Gasteiger partial charge in [0.2, 0.25) is 5.91 Å². The summed E-state index contributed by atoms with van der Waals surface area (Å²) < 4.78 is 5.64. The summed E-state index contributed by atoms with van der Waals surface area (Å²) in [6, 6.07) is 15.5.